The van der Waals surface area contributed by atoms with Gasteiger partial charge in [-0.3, -0.25) is 0 Å². The zero-order valence-corrected chi connectivity index (χ0v) is 9.49. The van der Waals surface area contributed by atoms with Crippen LogP contribution in [0.15, 0.2) is 38.0 Å². The van der Waals surface area contributed by atoms with E-state index in [1.807, 2.05) is 0 Å². The van der Waals surface area contributed by atoms with E-state index in [-0.39, 0.29) is 0 Å². The molecule has 0 heterocycles. The Morgan fingerprint density at radius 2 is 1.92 bits per heavy atom. The average Bonchev–Trinajstić information content (AvgIpc) is 2.05. The highest BCUT2D eigenvalue weighted by atomic mass is 79.9. The second kappa shape index (κ2) is 3.77. The van der Waals surface area contributed by atoms with Crippen molar-refractivity contribution in [2.75, 3.05) is 7.05 Å². The molecule has 1 unspecified atom stereocenters. The molecule has 0 fully saturated rings. The van der Waals surface area contributed by atoms with Gasteiger partial charge in [-0.15, -0.1) is 0 Å². The molecule has 0 saturated heterocycles. The Bertz CT molecular complexity index is 381. The third-order valence-corrected chi connectivity index (χ3v) is 4.14. The van der Waals surface area contributed by atoms with Crippen LogP contribution in [0.5, 0.6) is 0 Å². The average molecular weight is 269 g/mol. The largest absolute Gasteiger partial charge is 0.228 e. The summed E-state index contributed by atoms with van der Waals surface area (Å²) in [5.74, 6) is 0. The van der Waals surface area contributed by atoms with E-state index in [1.54, 1.807) is 24.3 Å². The zero-order valence-electron chi connectivity index (χ0n) is 6.33. The number of benzene rings is 1. The van der Waals surface area contributed by atoms with E-state index >= 15 is 0 Å². The molecule has 1 rings (SSSR count). The molecule has 5 heteroatoms. The lowest BCUT2D eigenvalue weighted by Gasteiger charge is -1.99. The summed E-state index contributed by atoms with van der Waals surface area (Å²) in [6.45, 7) is 0. The van der Waals surface area contributed by atoms with Crippen molar-refractivity contribution < 1.29 is 4.21 Å². The maximum atomic E-state index is 11.5. The molecular weight excluding hydrogens is 262 g/mol. The highest BCUT2D eigenvalue weighted by Crippen LogP contribution is 2.19. The highest BCUT2D eigenvalue weighted by Gasteiger charge is 2.05. The van der Waals surface area contributed by atoms with E-state index in [1.165, 1.54) is 7.05 Å². The Morgan fingerprint density at radius 1 is 1.42 bits per heavy atom. The second-order valence-electron chi connectivity index (χ2n) is 2.09. The Kier molecular flexibility index (Phi) is 3.15. The first-order valence-electron chi connectivity index (χ1n) is 3.17. The first kappa shape index (κ1) is 10.0. The minimum atomic E-state index is -2.69. The minimum absolute atomic E-state index is 0.537. The summed E-state index contributed by atoms with van der Waals surface area (Å²) in [5, 5.41) is 0. The number of hydrogen-bond acceptors (Lipinski definition) is 2. The van der Waals surface area contributed by atoms with Gasteiger partial charge in [0.2, 0.25) is 0 Å². The Balaban J connectivity index is 3.24. The summed E-state index contributed by atoms with van der Waals surface area (Å²) in [6.07, 6.45) is 0. The third kappa shape index (κ3) is 2.21. The fraction of sp³-hybridized carbons (Fsp3) is 0.143. The molecule has 0 spiro atoms. The van der Waals surface area contributed by atoms with Crippen LogP contribution in [-0.2, 0) is 8.94 Å². The van der Waals surface area contributed by atoms with Crippen molar-refractivity contribution in [3.05, 3.63) is 28.7 Å². The summed E-state index contributed by atoms with van der Waals surface area (Å²) < 4.78 is 16.0. The molecule has 0 aromatic heterocycles. The molecule has 0 radical (unpaired) electrons. The van der Waals surface area contributed by atoms with Crippen LogP contribution in [0.4, 0.5) is 0 Å². The van der Waals surface area contributed by atoms with Gasteiger partial charge in [-0.2, -0.15) is 0 Å². The van der Waals surface area contributed by atoms with Gasteiger partial charge in [0.15, 0.2) is 8.94 Å². The number of hydrogen-bond donors (Lipinski definition) is 0. The van der Waals surface area contributed by atoms with Crippen molar-refractivity contribution >= 4 is 35.6 Å². The van der Waals surface area contributed by atoms with Gasteiger partial charge in [0, 0.05) is 22.2 Å². The van der Waals surface area contributed by atoms with Crippen molar-refractivity contribution in [3.8, 4) is 0 Å². The first-order valence-corrected chi connectivity index (χ1v) is 6.30. The molecule has 0 amide bonds. The number of rotatable bonds is 1. The molecule has 2 nitrogen and oxygen atoms in total. The summed E-state index contributed by atoms with van der Waals surface area (Å²) >= 11 is 3.27. The summed E-state index contributed by atoms with van der Waals surface area (Å²) in [4.78, 5) is 0.537. The third-order valence-electron chi connectivity index (χ3n) is 1.34. The predicted octanol–water partition coefficient (Wildman–Crippen LogP) is 3.06. The summed E-state index contributed by atoms with van der Waals surface area (Å²) in [6, 6.07) is 6.93. The van der Waals surface area contributed by atoms with Gasteiger partial charge < -0.3 is 0 Å². The second-order valence-corrected chi connectivity index (χ2v) is 6.02. The smallest absolute Gasteiger partial charge is 0.158 e. The lowest BCUT2D eigenvalue weighted by atomic mass is 10.4. The van der Waals surface area contributed by atoms with Gasteiger partial charge in [0.25, 0.3) is 0 Å². The van der Waals surface area contributed by atoms with Crippen LogP contribution in [0.1, 0.15) is 0 Å². The fourth-order valence-electron chi connectivity index (χ4n) is 0.708. The van der Waals surface area contributed by atoms with Crippen LogP contribution in [0, 0.1) is 0 Å². The Hall–Kier alpha value is -0.0600. The van der Waals surface area contributed by atoms with E-state index < -0.39 is 8.94 Å². The monoisotopic (exact) mass is 267 g/mol. The molecule has 12 heavy (non-hydrogen) atoms. The summed E-state index contributed by atoms with van der Waals surface area (Å²) in [7, 11) is 4.40. The molecule has 1 aromatic carbocycles. The van der Waals surface area contributed by atoms with Crippen LogP contribution >= 0.6 is 26.6 Å². The molecular formula is C7H7BrClNOS. The van der Waals surface area contributed by atoms with E-state index in [0.29, 0.717) is 4.90 Å². The quantitative estimate of drug-likeness (QED) is 0.720. The molecule has 0 bridgehead atoms. The van der Waals surface area contributed by atoms with Gasteiger partial charge in [-0.1, -0.05) is 15.9 Å². The first-order chi connectivity index (χ1) is 5.56. The predicted molar refractivity (Wildman–Crippen MR) is 54.8 cm³/mol. The molecule has 0 aliphatic rings. The van der Waals surface area contributed by atoms with E-state index in [9.17, 15) is 4.21 Å². The number of nitrogens with zero attached hydrogens (tertiary/aromatic N) is 1. The SMILES string of the molecule is CN=S(=O)(Cl)c1ccc(Br)cc1. The Morgan fingerprint density at radius 3 is 2.33 bits per heavy atom. The highest BCUT2D eigenvalue weighted by molar-refractivity contribution is 9.10. The van der Waals surface area contributed by atoms with Crippen molar-refractivity contribution in [3.63, 3.8) is 0 Å². The zero-order chi connectivity index (χ0) is 9.19. The lowest BCUT2D eigenvalue weighted by molar-refractivity contribution is 0.685. The minimum Gasteiger partial charge on any atom is -0.228 e. The van der Waals surface area contributed by atoms with Crippen LogP contribution in [-0.4, -0.2) is 11.3 Å². The van der Waals surface area contributed by atoms with Gasteiger partial charge in [0.1, 0.15) is 0 Å². The molecule has 0 saturated carbocycles. The Labute approximate surface area is 84.7 Å². The summed E-state index contributed by atoms with van der Waals surface area (Å²) in [5.41, 5.74) is 0. The van der Waals surface area contributed by atoms with Crippen molar-refractivity contribution in [1.29, 1.82) is 0 Å². The van der Waals surface area contributed by atoms with Crippen LogP contribution < -0.4 is 0 Å². The van der Waals surface area contributed by atoms with Crippen LogP contribution in [0.2, 0.25) is 0 Å². The van der Waals surface area contributed by atoms with E-state index in [4.69, 9.17) is 10.7 Å². The molecule has 1 atom stereocenters. The standard InChI is InChI=1S/C7H7BrClNOS/c1-10-12(9,11)7-4-2-6(8)3-5-7/h2-5H,1H3. The maximum Gasteiger partial charge on any atom is 0.158 e. The molecule has 0 aliphatic heterocycles. The van der Waals surface area contributed by atoms with Crippen LogP contribution in [0.3, 0.4) is 0 Å². The molecule has 66 valence electrons. The topological polar surface area (TPSA) is 29.4 Å². The number of halogens is 2. The molecule has 0 aliphatic carbocycles. The fourth-order valence-corrected chi connectivity index (χ4v) is 1.96. The van der Waals surface area contributed by atoms with Crippen LogP contribution in [0.25, 0.3) is 0 Å². The van der Waals surface area contributed by atoms with Crippen molar-refractivity contribution in [2.45, 2.75) is 4.90 Å². The van der Waals surface area contributed by atoms with Gasteiger partial charge in [-0.05, 0) is 24.3 Å². The van der Waals surface area contributed by atoms with Gasteiger partial charge in [-0.25, -0.2) is 8.57 Å². The lowest BCUT2D eigenvalue weighted by Crippen LogP contribution is -1.88. The molecule has 0 N–H and O–H groups in total. The van der Waals surface area contributed by atoms with Gasteiger partial charge in [0.05, 0.1) is 4.90 Å². The molecule has 1 aromatic rings. The van der Waals surface area contributed by atoms with Crippen molar-refractivity contribution in [2.24, 2.45) is 4.36 Å². The normalized spacial score (nSPS) is 15.2. The van der Waals surface area contributed by atoms with Crippen molar-refractivity contribution in [1.82, 2.24) is 0 Å². The van der Waals surface area contributed by atoms with E-state index in [0.717, 1.165) is 4.47 Å². The maximum absolute atomic E-state index is 11.5. The van der Waals surface area contributed by atoms with E-state index in [2.05, 4.69) is 20.3 Å². The van der Waals surface area contributed by atoms with Gasteiger partial charge >= 0.3 is 0 Å².